The highest BCUT2D eigenvalue weighted by Gasteiger charge is 2.21. The number of para-hydroxylation sites is 4. The van der Waals surface area contributed by atoms with Crippen LogP contribution in [0, 0.1) is 0 Å². The van der Waals surface area contributed by atoms with Gasteiger partial charge < -0.3 is 19.2 Å². The number of amides is 1. The third-order valence-electron chi connectivity index (χ3n) is 4.75. The monoisotopic (exact) mass is 406 g/mol. The number of carbonyl (C=O) groups excluding carboxylic acids is 1. The predicted molar refractivity (Wildman–Crippen MR) is 108 cm³/mol. The number of oxazole rings is 1. The fourth-order valence-corrected chi connectivity index (χ4v) is 3.40. The van der Waals surface area contributed by atoms with Crippen LogP contribution >= 0.6 is 0 Å². The SMILES string of the molecule is O=C(Cn1c(=O)oc2ccccc21)Nc1cnn(C[C@H]2COc3ccccc3O2)c1. The highest BCUT2D eigenvalue weighted by Crippen LogP contribution is 2.31. The molecule has 1 amide bonds. The summed E-state index contributed by atoms with van der Waals surface area (Å²) in [4.78, 5) is 24.4. The van der Waals surface area contributed by atoms with Crippen LogP contribution in [0.4, 0.5) is 5.69 Å². The first-order valence-electron chi connectivity index (χ1n) is 9.45. The minimum atomic E-state index is -0.572. The van der Waals surface area contributed by atoms with Gasteiger partial charge in [-0.3, -0.25) is 14.0 Å². The van der Waals surface area contributed by atoms with E-state index in [1.54, 1.807) is 41.3 Å². The van der Waals surface area contributed by atoms with Gasteiger partial charge in [-0.1, -0.05) is 24.3 Å². The van der Waals surface area contributed by atoms with Crippen LogP contribution in [0.1, 0.15) is 0 Å². The van der Waals surface area contributed by atoms with Gasteiger partial charge in [-0.25, -0.2) is 4.79 Å². The first kappa shape index (κ1) is 18.0. The number of nitrogens with one attached hydrogen (secondary N) is 1. The van der Waals surface area contributed by atoms with E-state index in [0.29, 0.717) is 35.7 Å². The van der Waals surface area contributed by atoms with Crippen LogP contribution in [0.25, 0.3) is 11.1 Å². The minimum absolute atomic E-state index is 0.155. The standard InChI is InChI=1S/C21H18N4O5/c26-20(12-25-16-5-1-2-6-17(16)30-21(25)27)23-14-9-22-24(10-14)11-15-13-28-18-7-3-4-8-19(18)29-15/h1-10,15H,11-13H2,(H,23,26)/t15-/m0/s1. The second-order valence-corrected chi connectivity index (χ2v) is 6.92. The van der Waals surface area contributed by atoms with Crippen LogP contribution in [0.15, 0.2) is 70.1 Å². The van der Waals surface area contributed by atoms with E-state index in [-0.39, 0.29) is 18.6 Å². The van der Waals surface area contributed by atoms with Crippen molar-refractivity contribution in [3.63, 3.8) is 0 Å². The van der Waals surface area contributed by atoms with E-state index in [1.807, 2.05) is 24.3 Å². The van der Waals surface area contributed by atoms with E-state index in [0.717, 1.165) is 5.75 Å². The molecule has 1 atom stereocenters. The maximum absolute atomic E-state index is 12.4. The summed E-state index contributed by atoms with van der Waals surface area (Å²) in [7, 11) is 0. The zero-order chi connectivity index (χ0) is 20.5. The molecule has 3 heterocycles. The summed E-state index contributed by atoms with van der Waals surface area (Å²) in [6, 6.07) is 14.5. The third-order valence-corrected chi connectivity index (χ3v) is 4.75. The van der Waals surface area contributed by atoms with Crippen molar-refractivity contribution in [2.45, 2.75) is 19.2 Å². The number of ether oxygens (including phenoxy) is 2. The number of hydrogen-bond donors (Lipinski definition) is 1. The number of nitrogens with zero attached hydrogens (tertiary/aromatic N) is 3. The third kappa shape index (κ3) is 3.52. The van der Waals surface area contributed by atoms with E-state index in [9.17, 15) is 9.59 Å². The lowest BCUT2D eigenvalue weighted by molar-refractivity contribution is -0.116. The van der Waals surface area contributed by atoms with Crippen LogP contribution in [-0.4, -0.2) is 33.0 Å². The maximum Gasteiger partial charge on any atom is 0.420 e. The second-order valence-electron chi connectivity index (χ2n) is 6.92. The minimum Gasteiger partial charge on any atom is -0.486 e. The van der Waals surface area contributed by atoms with Crippen LogP contribution in [-0.2, 0) is 17.9 Å². The van der Waals surface area contributed by atoms with Gasteiger partial charge in [0.2, 0.25) is 5.91 Å². The van der Waals surface area contributed by atoms with Crippen LogP contribution in [0.3, 0.4) is 0 Å². The summed E-state index contributed by atoms with van der Waals surface area (Å²) < 4.78 is 19.8. The molecular formula is C21H18N4O5. The zero-order valence-corrected chi connectivity index (χ0v) is 15.9. The molecule has 0 radical (unpaired) electrons. The molecule has 0 saturated heterocycles. The van der Waals surface area contributed by atoms with E-state index in [4.69, 9.17) is 13.9 Å². The number of hydrogen-bond acceptors (Lipinski definition) is 6. The zero-order valence-electron chi connectivity index (χ0n) is 15.9. The van der Waals surface area contributed by atoms with Gasteiger partial charge in [0.15, 0.2) is 23.2 Å². The lowest BCUT2D eigenvalue weighted by Crippen LogP contribution is -2.33. The summed E-state index contributed by atoms with van der Waals surface area (Å²) in [5.41, 5.74) is 1.54. The molecular weight excluding hydrogens is 388 g/mol. The first-order valence-corrected chi connectivity index (χ1v) is 9.45. The van der Waals surface area contributed by atoms with Crippen molar-refractivity contribution in [1.29, 1.82) is 0 Å². The Labute approximate surface area is 170 Å². The molecule has 2 aromatic heterocycles. The molecule has 1 aliphatic heterocycles. The first-order chi connectivity index (χ1) is 14.7. The molecule has 0 unspecified atom stereocenters. The molecule has 0 fully saturated rings. The van der Waals surface area contributed by atoms with Crippen molar-refractivity contribution in [2.75, 3.05) is 11.9 Å². The van der Waals surface area contributed by atoms with Gasteiger partial charge >= 0.3 is 5.76 Å². The fourth-order valence-electron chi connectivity index (χ4n) is 3.40. The van der Waals surface area contributed by atoms with Gasteiger partial charge in [-0.15, -0.1) is 0 Å². The normalized spacial score (nSPS) is 15.3. The smallest absolute Gasteiger partial charge is 0.420 e. The van der Waals surface area contributed by atoms with Gasteiger partial charge in [0, 0.05) is 6.20 Å². The Morgan fingerprint density at radius 2 is 1.93 bits per heavy atom. The van der Waals surface area contributed by atoms with E-state index < -0.39 is 5.76 Å². The largest absolute Gasteiger partial charge is 0.486 e. The van der Waals surface area contributed by atoms with E-state index in [1.165, 1.54) is 4.57 Å². The highest BCUT2D eigenvalue weighted by molar-refractivity contribution is 5.91. The molecule has 4 aromatic rings. The Balaban J connectivity index is 1.22. The lowest BCUT2D eigenvalue weighted by atomic mass is 10.2. The maximum atomic E-state index is 12.4. The molecule has 1 N–H and O–H groups in total. The average Bonchev–Trinajstić information content (AvgIpc) is 3.31. The van der Waals surface area contributed by atoms with Crippen molar-refractivity contribution in [3.8, 4) is 11.5 Å². The Morgan fingerprint density at radius 1 is 1.13 bits per heavy atom. The molecule has 9 heteroatoms. The Morgan fingerprint density at radius 3 is 2.83 bits per heavy atom. The molecule has 5 rings (SSSR count). The van der Waals surface area contributed by atoms with Gasteiger partial charge in [-0.05, 0) is 24.3 Å². The van der Waals surface area contributed by atoms with Crippen LogP contribution in [0.5, 0.6) is 11.5 Å². The van der Waals surface area contributed by atoms with Crippen molar-refractivity contribution in [1.82, 2.24) is 14.3 Å². The molecule has 0 saturated carbocycles. The second kappa shape index (κ2) is 7.43. The summed E-state index contributed by atoms with van der Waals surface area (Å²) in [5, 5.41) is 7.01. The van der Waals surface area contributed by atoms with Crippen LogP contribution < -0.4 is 20.5 Å². The molecule has 0 aliphatic carbocycles. The van der Waals surface area contributed by atoms with Gasteiger partial charge in [-0.2, -0.15) is 5.10 Å². The van der Waals surface area contributed by atoms with Crippen LogP contribution in [0.2, 0.25) is 0 Å². The molecule has 2 aromatic carbocycles. The summed E-state index contributed by atoms with van der Waals surface area (Å²) >= 11 is 0. The molecule has 0 bridgehead atoms. The Bertz CT molecular complexity index is 1270. The van der Waals surface area contributed by atoms with Gasteiger partial charge in [0.1, 0.15) is 13.2 Å². The molecule has 152 valence electrons. The summed E-state index contributed by atoms with van der Waals surface area (Å²) in [5.74, 6) is 0.502. The van der Waals surface area contributed by atoms with Crippen molar-refractivity contribution < 1.29 is 18.7 Å². The van der Waals surface area contributed by atoms with Crippen molar-refractivity contribution in [2.24, 2.45) is 0 Å². The van der Waals surface area contributed by atoms with E-state index >= 15 is 0 Å². The lowest BCUT2D eigenvalue weighted by Gasteiger charge is -2.26. The van der Waals surface area contributed by atoms with Crippen molar-refractivity contribution in [3.05, 3.63) is 71.5 Å². The van der Waals surface area contributed by atoms with Crippen molar-refractivity contribution >= 4 is 22.7 Å². The number of rotatable bonds is 5. The Kier molecular flexibility index (Phi) is 4.47. The Hall–Kier alpha value is -4.01. The molecule has 9 nitrogen and oxygen atoms in total. The van der Waals surface area contributed by atoms with Gasteiger partial charge in [0.05, 0.1) is 23.9 Å². The predicted octanol–water partition coefficient (Wildman–Crippen LogP) is 2.27. The number of fused-ring (bicyclic) bond motifs is 2. The number of benzene rings is 2. The fraction of sp³-hybridized carbons (Fsp3) is 0.190. The average molecular weight is 406 g/mol. The molecule has 30 heavy (non-hydrogen) atoms. The number of aromatic nitrogens is 3. The van der Waals surface area contributed by atoms with E-state index in [2.05, 4.69) is 10.4 Å². The molecule has 0 spiro atoms. The summed E-state index contributed by atoms with van der Waals surface area (Å²) in [6.07, 6.45) is 3.06. The highest BCUT2D eigenvalue weighted by atomic mass is 16.6. The quantitative estimate of drug-likeness (QED) is 0.546. The summed E-state index contributed by atoms with van der Waals surface area (Å²) in [6.45, 7) is 0.725. The topological polar surface area (TPSA) is 101 Å². The number of anilines is 1. The van der Waals surface area contributed by atoms with Gasteiger partial charge in [0.25, 0.3) is 0 Å². The number of carbonyl (C=O) groups is 1. The molecule has 1 aliphatic rings.